The van der Waals surface area contributed by atoms with Gasteiger partial charge < -0.3 is 10.6 Å². The minimum absolute atomic E-state index is 0.125. The van der Waals surface area contributed by atoms with E-state index in [0.717, 1.165) is 18.4 Å². The number of hydrogen-bond acceptors (Lipinski definition) is 1. The molecule has 3 nitrogen and oxygen atoms in total. The topological polar surface area (TPSA) is 45.7 Å². The zero-order valence-electron chi connectivity index (χ0n) is 9.36. The summed E-state index contributed by atoms with van der Waals surface area (Å²) in [7, 11) is 3.81. The van der Waals surface area contributed by atoms with Gasteiger partial charge in [0.15, 0.2) is 0 Å². The Bertz CT molecular complexity index is 346. The van der Waals surface area contributed by atoms with Crippen molar-refractivity contribution in [3.05, 3.63) is 42.9 Å². The minimum Gasteiger partial charge on any atom is -0.472 e. The molecule has 1 aliphatic rings. The Balaban J connectivity index is 1.91. The molecule has 1 saturated carbocycles. The van der Waals surface area contributed by atoms with Gasteiger partial charge in [-0.05, 0) is 12.8 Å². The van der Waals surface area contributed by atoms with Crippen LogP contribution in [0.3, 0.4) is 0 Å². The van der Waals surface area contributed by atoms with Crippen molar-refractivity contribution in [2.45, 2.75) is 31.3 Å². The lowest BCUT2D eigenvalue weighted by Crippen LogP contribution is -2.78. The monoisotopic (exact) mass is 218 g/mol. The summed E-state index contributed by atoms with van der Waals surface area (Å²) in [5, 5.41) is 4.85. The van der Waals surface area contributed by atoms with Crippen molar-refractivity contribution >= 4 is 5.91 Å². The van der Waals surface area contributed by atoms with Crippen LogP contribution in [-0.4, -0.2) is 11.9 Å². The van der Waals surface area contributed by atoms with E-state index >= 15 is 0 Å². The van der Waals surface area contributed by atoms with Gasteiger partial charge in [-0.1, -0.05) is 30.3 Å². The quantitative estimate of drug-likeness (QED) is 0.704. The van der Waals surface area contributed by atoms with Crippen molar-refractivity contribution in [2.75, 3.05) is 0 Å². The van der Waals surface area contributed by atoms with Crippen molar-refractivity contribution in [2.24, 2.45) is 0 Å². The number of benzene rings is 1. The van der Waals surface area contributed by atoms with E-state index in [2.05, 4.69) is 12.4 Å². The number of rotatable bonds is 5. The summed E-state index contributed by atoms with van der Waals surface area (Å²) in [6.45, 7) is 0. The first kappa shape index (κ1) is 11.1. The minimum atomic E-state index is 0.125. The molecule has 1 aromatic rings. The van der Waals surface area contributed by atoms with Crippen LogP contribution in [0.1, 0.15) is 30.9 Å². The van der Waals surface area contributed by atoms with E-state index in [0.29, 0.717) is 12.5 Å². The molecule has 0 aromatic heterocycles. The molecule has 3 heteroatoms. The molecule has 0 saturated heterocycles. The van der Waals surface area contributed by atoms with Crippen LogP contribution >= 0.6 is 0 Å². The number of nitrogens with two attached hydrogens (primary N) is 1. The first-order valence-corrected chi connectivity index (χ1v) is 5.76. The van der Waals surface area contributed by atoms with Gasteiger partial charge in [-0.3, -0.25) is 4.79 Å². The molecule has 16 heavy (non-hydrogen) atoms. The Hall–Kier alpha value is -1.35. The molecule has 1 unspecified atom stereocenters. The molecule has 0 aliphatic heterocycles. The van der Waals surface area contributed by atoms with E-state index in [1.807, 2.05) is 35.6 Å². The van der Waals surface area contributed by atoms with Crippen molar-refractivity contribution in [1.29, 1.82) is 0 Å². The van der Waals surface area contributed by atoms with Crippen molar-refractivity contribution < 1.29 is 10.1 Å². The Morgan fingerprint density at radius 2 is 2.12 bits per heavy atom. The Kier molecular flexibility index (Phi) is 3.57. The summed E-state index contributed by atoms with van der Waals surface area (Å²) < 4.78 is 0. The highest BCUT2D eigenvalue weighted by atomic mass is 16.1. The van der Waals surface area contributed by atoms with Crippen molar-refractivity contribution in [3.8, 4) is 0 Å². The van der Waals surface area contributed by atoms with Crippen LogP contribution < -0.4 is 10.6 Å². The maximum Gasteiger partial charge on any atom is 0.226 e. The third-order valence-electron chi connectivity index (χ3n) is 2.86. The average Bonchev–Trinajstić information content (AvgIpc) is 3.11. The van der Waals surface area contributed by atoms with E-state index in [-0.39, 0.29) is 11.9 Å². The van der Waals surface area contributed by atoms with Gasteiger partial charge in [-0.25, -0.2) is 0 Å². The molecule has 1 atom stereocenters. The Morgan fingerprint density at radius 1 is 1.44 bits per heavy atom. The smallest absolute Gasteiger partial charge is 0.226 e. The molecule has 2 rings (SSSR count). The number of nitrogens with one attached hydrogen (secondary N) is 1. The fraction of sp³-hybridized carbons (Fsp3) is 0.385. The molecule has 1 amide bonds. The van der Waals surface area contributed by atoms with E-state index in [1.54, 1.807) is 0 Å². The second-order valence-corrected chi connectivity index (χ2v) is 4.30. The summed E-state index contributed by atoms with van der Waals surface area (Å²) in [5.41, 5.74) is 1.16. The van der Waals surface area contributed by atoms with Gasteiger partial charge in [-0.15, -0.1) is 0 Å². The van der Waals surface area contributed by atoms with E-state index in [4.69, 9.17) is 0 Å². The normalized spacial score (nSPS) is 16.8. The number of quaternary nitrogens is 1. The van der Waals surface area contributed by atoms with Gasteiger partial charge in [0.2, 0.25) is 5.91 Å². The molecular formula is C13H18N2O. The molecule has 0 bridgehead atoms. The van der Waals surface area contributed by atoms with Gasteiger partial charge in [0.1, 0.15) is 0 Å². The molecule has 0 spiro atoms. The second-order valence-electron chi connectivity index (χ2n) is 4.30. The second kappa shape index (κ2) is 5.12. The van der Waals surface area contributed by atoms with E-state index < -0.39 is 0 Å². The van der Waals surface area contributed by atoms with Crippen molar-refractivity contribution in [1.82, 2.24) is 5.32 Å². The van der Waals surface area contributed by atoms with Crippen LogP contribution in [0.2, 0.25) is 0 Å². The Labute approximate surface area is 96.2 Å². The molecular weight excluding hydrogens is 200 g/mol. The van der Waals surface area contributed by atoms with Crippen molar-refractivity contribution in [3.63, 3.8) is 0 Å². The van der Waals surface area contributed by atoms with Crippen LogP contribution in [0.5, 0.6) is 0 Å². The highest BCUT2D eigenvalue weighted by molar-refractivity contribution is 5.77. The summed E-state index contributed by atoms with van der Waals surface area (Å²) in [5.74, 6) is 0.135. The maximum absolute atomic E-state index is 11.7. The first-order valence-electron chi connectivity index (χ1n) is 5.76. The molecule has 1 fully saturated rings. The predicted molar refractivity (Wildman–Crippen MR) is 62.2 cm³/mol. The molecule has 0 heterocycles. The fourth-order valence-corrected chi connectivity index (χ4v) is 1.75. The number of carbonyl (C=O) groups is 1. The van der Waals surface area contributed by atoms with Crippen LogP contribution in [0.4, 0.5) is 0 Å². The van der Waals surface area contributed by atoms with Gasteiger partial charge in [0, 0.05) is 11.6 Å². The van der Waals surface area contributed by atoms with Gasteiger partial charge in [0.05, 0.1) is 12.5 Å². The molecule has 0 radical (unpaired) electrons. The van der Waals surface area contributed by atoms with Gasteiger partial charge in [0.25, 0.3) is 0 Å². The molecule has 86 valence electrons. The number of carbonyl (C=O) groups excluding carboxylic acids is 1. The summed E-state index contributed by atoms with van der Waals surface area (Å²) in [6, 6.07) is 10.6. The average molecular weight is 218 g/mol. The lowest BCUT2D eigenvalue weighted by atomic mass is 10.0. The number of amides is 1. The van der Waals surface area contributed by atoms with E-state index in [9.17, 15) is 4.79 Å². The first-order chi connectivity index (χ1) is 7.79. The zero-order valence-corrected chi connectivity index (χ0v) is 9.36. The highest BCUT2D eigenvalue weighted by Crippen LogP contribution is 2.19. The summed E-state index contributed by atoms with van der Waals surface area (Å²) >= 11 is 0. The SMILES string of the molecule is [CH2-][NH2+]C(CC(=O)NC1CC1)c1ccccc1. The Morgan fingerprint density at radius 3 is 2.69 bits per heavy atom. The fourth-order valence-electron chi connectivity index (χ4n) is 1.75. The highest BCUT2D eigenvalue weighted by Gasteiger charge is 2.25. The lowest BCUT2D eigenvalue weighted by Gasteiger charge is -2.16. The maximum atomic E-state index is 11.7. The predicted octanol–water partition coefficient (Wildman–Crippen LogP) is 0.751. The van der Waals surface area contributed by atoms with E-state index in [1.165, 1.54) is 0 Å². The van der Waals surface area contributed by atoms with Crippen LogP contribution in [0.25, 0.3) is 0 Å². The number of hydrogen-bond donors (Lipinski definition) is 2. The zero-order chi connectivity index (χ0) is 11.4. The summed E-state index contributed by atoms with van der Waals surface area (Å²) in [4.78, 5) is 11.7. The summed E-state index contributed by atoms with van der Waals surface area (Å²) in [6.07, 6.45) is 2.77. The third kappa shape index (κ3) is 3.07. The third-order valence-corrected chi connectivity index (χ3v) is 2.86. The van der Waals surface area contributed by atoms with Crippen LogP contribution in [-0.2, 0) is 4.79 Å². The van der Waals surface area contributed by atoms with Gasteiger partial charge >= 0.3 is 0 Å². The molecule has 1 aromatic carbocycles. The standard InChI is InChI=1S/C13H18N2O/c1-14-12(10-5-3-2-4-6-10)9-13(16)15-11-7-8-11/h2-6,11-12H,1,7-9,14H2,(H,15,16). The lowest BCUT2D eigenvalue weighted by molar-refractivity contribution is -0.639. The van der Waals surface area contributed by atoms with Crippen LogP contribution in [0, 0.1) is 7.05 Å². The molecule has 3 N–H and O–H groups in total. The largest absolute Gasteiger partial charge is 0.472 e. The molecule has 1 aliphatic carbocycles. The van der Waals surface area contributed by atoms with Gasteiger partial charge in [-0.2, -0.15) is 7.05 Å². The van der Waals surface area contributed by atoms with Crippen LogP contribution in [0.15, 0.2) is 30.3 Å².